The highest BCUT2D eigenvalue weighted by atomic mass is 15.2. The molecule has 2 aromatic heterocycles. The fourth-order valence-electron chi connectivity index (χ4n) is 5.51. The zero-order valence-corrected chi connectivity index (χ0v) is 17.5. The first kappa shape index (κ1) is 17.8. The number of piperidine rings is 1. The molecule has 7 rings (SSSR count). The number of hydrogen-bond donors (Lipinski definition) is 1. The third kappa shape index (κ3) is 2.52. The molecule has 3 atom stereocenters. The molecule has 156 valence electrons. The van der Waals surface area contributed by atoms with E-state index in [2.05, 4.69) is 50.6 Å². The summed E-state index contributed by atoms with van der Waals surface area (Å²) in [4.78, 5) is 7.17. The summed E-state index contributed by atoms with van der Waals surface area (Å²) in [5.74, 6) is 2.28. The maximum absolute atomic E-state index is 9.10. The van der Waals surface area contributed by atoms with Crippen LogP contribution in [0.3, 0.4) is 0 Å². The Morgan fingerprint density at radius 2 is 1.81 bits per heavy atom. The monoisotopic (exact) mass is 418 g/mol. The van der Waals surface area contributed by atoms with Gasteiger partial charge in [-0.05, 0) is 59.4 Å². The van der Waals surface area contributed by atoms with Gasteiger partial charge in [-0.1, -0.05) is 12.1 Å². The Hall–Kier alpha value is -3.82. The standard InChI is InChI=1S/C26H22N6/c27-11-16-1-3-17(4-2-16)18-10-24-26-29-7-8-32(26)23-6-5-20(9-19(23)13-31(24)12-18)30-14-21-22(15-30)25(21)28/h1-10,12,21-22,25H,13-15,28H2/t21-,22+,25?. The summed E-state index contributed by atoms with van der Waals surface area (Å²) in [6, 6.07) is 19.4. The van der Waals surface area contributed by atoms with Crippen molar-refractivity contribution < 1.29 is 0 Å². The molecule has 0 bridgehead atoms. The van der Waals surface area contributed by atoms with Crippen molar-refractivity contribution in [3.05, 3.63) is 78.2 Å². The van der Waals surface area contributed by atoms with Crippen LogP contribution < -0.4 is 10.6 Å². The topological polar surface area (TPSA) is 75.8 Å². The molecule has 0 amide bonds. The number of rotatable bonds is 2. The van der Waals surface area contributed by atoms with E-state index in [0.717, 1.165) is 42.3 Å². The molecule has 2 fully saturated rings. The number of nitrogens with two attached hydrogens (primary N) is 1. The molecular formula is C26H22N6. The molecule has 2 aromatic carbocycles. The lowest BCUT2D eigenvalue weighted by Gasteiger charge is -2.23. The second-order valence-corrected chi connectivity index (χ2v) is 9.17. The van der Waals surface area contributed by atoms with E-state index in [4.69, 9.17) is 16.0 Å². The molecule has 6 nitrogen and oxygen atoms in total. The first-order valence-corrected chi connectivity index (χ1v) is 11.1. The third-order valence-electron chi connectivity index (χ3n) is 7.40. The zero-order chi connectivity index (χ0) is 21.4. The van der Waals surface area contributed by atoms with Gasteiger partial charge in [-0.2, -0.15) is 5.26 Å². The minimum Gasteiger partial charge on any atom is -0.371 e. The quantitative estimate of drug-likeness (QED) is 0.475. The SMILES string of the molecule is N#Cc1ccc(-c2cc3n(c2)Cc2cc(N4C[C@@H]5C(N)[C@@H]5C4)ccc2-n2ccnc2-3)cc1. The van der Waals surface area contributed by atoms with Crippen LogP contribution in [0.25, 0.3) is 28.3 Å². The lowest BCUT2D eigenvalue weighted by Crippen LogP contribution is -2.28. The summed E-state index contributed by atoms with van der Waals surface area (Å²) in [6.45, 7) is 2.93. The smallest absolute Gasteiger partial charge is 0.161 e. The van der Waals surface area contributed by atoms with Crippen LogP contribution in [-0.2, 0) is 6.54 Å². The molecule has 1 saturated heterocycles. The van der Waals surface area contributed by atoms with Gasteiger partial charge >= 0.3 is 0 Å². The van der Waals surface area contributed by atoms with Gasteiger partial charge in [0.05, 0.1) is 23.0 Å². The van der Waals surface area contributed by atoms with Crippen molar-refractivity contribution in [3.63, 3.8) is 0 Å². The van der Waals surface area contributed by atoms with Crippen LogP contribution in [0.4, 0.5) is 5.69 Å². The van der Waals surface area contributed by atoms with Crippen molar-refractivity contribution in [1.82, 2.24) is 14.1 Å². The number of anilines is 1. The van der Waals surface area contributed by atoms with E-state index < -0.39 is 0 Å². The second kappa shape index (κ2) is 6.35. The molecule has 3 aliphatic rings. The Bertz CT molecular complexity index is 1390. The van der Waals surface area contributed by atoms with E-state index in [1.54, 1.807) is 0 Å². The van der Waals surface area contributed by atoms with Crippen molar-refractivity contribution in [2.45, 2.75) is 12.6 Å². The Kier molecular flexibility index (Phi) is 3.53. The van der Waals surface area contributed by atoms with Crippen molar-refractivity contribution in [2.75, 3.05) is 18.0 Å². The third-order valence-corrected chi connectivity index (χ3v) is 7.40. The van der Waals surface area contributed by atoms with Gasteiger partial charge in [-0.3, -0.25) is 4.57 Å². The summed E-state index contributed by atoms with van der Waals surface area (Å²) < 4.78 is 4.48. The predicted molar refractivity (Wildman–Crippen MR) is 123 cm³/mol. The summed E-state index contributed by atoms with van der Waals surface area (Å²) in [6.07, 6.45) is 6.11. The lowest BCUT2D eigenvalue weighted by molar-refractivity contribution is 0.742. The van der Waals surface area contributed by atoms with E-state index in [-0.39, 0.29) is 0 Å². The highest BCUT2D eigenvalue weighted by molar-refractivity contribution is 5.72. The van der Waals surface area contributed by atoms with Crippen LogP contribution >= 0.6 is 0 Å². The van der Waals surface area contributed by atoms with Crippen LogP contribution in [-0.4, -0.2) is 33.2 Å². The average Bonchev–Trinajstić information content (AvgIpc) is 3.32. The Morgan fingerprint density at radius 3 is 2.59 bits per heavy atom. The van der Waals surface area contributed by atoms with E-state index in [0.29, 0.717) is 23.4 Å². The van der Waals surface area contributed by atoms with Crippen LogP contribution in [0.1, 0.15) is 11.1 Å². The van der Waals surface area contributed by atoms with Crippen molar-refractivity contribution >= 4 is 5.69 Å². The number of benzene rings is 2. The minimum absolute atomic E-state index is 0.406. The lowest BCUT2D eigenvalue weighted by atomic mass is 10.1. The van der Waals surface area contributed by atoms with E-state index in [1.165, 1.54) is 16.9 Å². The Morgan fingerprint density at radius 1 is 1.00 bits per heavy atom. The van der Waals surface area contributed by atoms with Gasteiger partial charge in [0, 0.05) is 55.5 Å². The number of nitriles is 1. The van der Waals surface area contributed by atoms with Crippen molar-refractivity contribution in [1.29, 1.82) is 5.26 Å². The largest absolute Gasteiger partial charge is 0.371 e. The van der Waals surface area contributed by atoms with E-state index in [9.17, 15) is 0 Å². The zero-order valence-electron chi connectivity index (χ0n) is 17.5. The summed E-state index contributed by atoms with van der Waals surface area (Å²) in [5.41, 5.74) is 13.9. The summed E-state index contributed by atoms with van der Waals surface area (Å²) >= 11 is 0. The van der Waals surface area contributed by atoms with Gasteiger partial charge < -0.3 is 15.2 Å². The molecule has 4 aromatic rings. The Balaban J connectivity index is 1.30. The normalized spacial score (nSPS) is 22.4. The van der Waals surface area contributed by atoms with Gasteiger partial charge in [0.25, 0.3) is 0 Å². The Labute approximate surface area is 186 Å². The number of aromatic nitrogens is 3. The molecule has 2 aliphatic heterocycles. The maximum atomic E-state index is 9.10. The molecule has 1 aliphatic carbocycles. The molecule has 1 unspecified atom stereocenters. The highest BCUT2D eigenvalue weighted by Gasteiger charge is 2.53. The van der Waals surface area contributed by atoms with Crippen LogP contribution in [0.15, 0.2) is 67.1 Å². The molecule has 6 heteroatoms. The minimum atomic E-state index is 0.406. The van der Waals surface area contributed by atoms with Crippen molar-refractivity contribution in [3.8, 4) is 34.4 Å². The molecule has 32 heavy (non-hydrogen) atoms. The van der Waals surface area contributed by atoms with Gasteiger partial charge in [-0.15, -0.1) is 0 Å². The number of imidazole rings is 1. The predicted octanol–water partition coefficient (Wildman–Crippen LogP) is 3.63. The number of fused-ring (bicyclic) bond motifs is 6. The first-order valence-electron chi connectivity index (χ1n) is 11.1. The van der Waals surface area contributed by atoms with Gasteiger partial charge in [-0.25, -0.2) is 4.98 Å². The van der Waals surface area contributed by atoms with Crippen LogP contribution in [0.5, 0.6) is 0 Å². The average molecular weight is 419 g/mol. The van der Waals surface area contributed by atoms with Gasteiger partial charge in [0.15, 0.2) is 5.82 Å². The van der Waals surface area contributed by atoms with E-state index in [1.807, 2.05) is 36.7 Å². The molecule has 0 radical (unpaired) electrons. The molecule has 2 N–H and O–H groups in total. The summed E-state index contributed by atoms with van der Waals surface area (Å²) in [5, 5.41) is 9.10. The van der Waals surface area contributed by atoms with Gasteiger partial charge in [0.1, 0.15) is 0 Å². The fraction of sp³-hybridized carbons (Fsp3) is 0.231. The molecule has 1 saturated carbocycles. The second-order valence-electron chi connectivity index (χ2n) is 9.17. The highest BCUT2D eigenvalue weighted by Crippen LogP contribution is 2.45. The molecule has 4 heterocycles. The van der Waals surface area contributed by atoms with Crippen LogP contribution in [0, 0.1) is 23.2 Å². The fourth-order valence-corrected chi connectivity index (χ4v) is 5.51. The first-order chi connectivity index (χ1) is 15.7. The van der Waals surface area contributed by atoms with Crippen molar-refractivity contribution in [2.24, 2.45) is 17.6 Å². The summed E-state index contributed by atoms with van der Waals surface area (Å²) in [7, 11) is 0. The van der Waals surface area contributed by atoms with E-state index >= 15 is 0 Å². The molecule has 0 spiro atoms. The van der Waals surface area contributed by atoms with Gasteiger partial charge in [0.2, 0.25) is 0 Å². The number of hydrogen-bond acceptors (Lipinski definition) is 4. The number of nitrogens with zero attached hydrogens (tertiary/aromatic N) is 5. The maximum Gasteiger partial charge on any atom is 0.161 e. The molecular weight excluding hydrogens is 396 g/mol. The van der Waals surface area contributed by atoms with Crippen LogP contribution in [0.2, 0.25) is 0 Å².